The molecule has 1 fully saturated rings. The molecule has 112 valence electrons. The van der Waals surface area contributed by atoms with Gasteiger partial charge < -0.3 is 15.2 Å². The van der Waals surface area contributed by atoms with Crippen molar-refractivity contribution in [3.05, 3.63) is 18.2 Å². The number of ether oxygens (including phenoxy) is 2. The Bertz CT molecular complexity index is 634. The summed E-state index contributed by atoms with van der Waals surface area (Å²) in [6, 6.07) is 5.55. The molecule has 0 radical (unpaired) electrons. The number of hydrogen-bond acceptors (Lipinski definition) is 6. The minimum Gasteiger partial charge on any atom is -0.495 e. The minimum atomic E-state index is -0.230. The first-order valence-electron chi connectivity index (χ1n) is 6.94. The second-order valence-electron chi connectivity index (χ2n) is 5.52. The van der Waals surface area contributed by atoms with Crippen LogP contribution in [0, 0.1) is 0 Å². The molecule has 7 nitrogen and oxygen atoms in total. The molecular weight excluding hydrogens is 270 g/mol. The van der Waals surface area contributed by atoms with Crippen molar-refractivity contribution in [2.75, 3.05) is 26.1 Å². The summed E-state index contributed by atoms with van der Waals surface area (Å²) in [5.41, 5.74) is 7.09. The third kappa shape index (κ3) is 2.44. The number of anilines is 1. The van der Waals surface area contributed by atoms with Crippen LogP contribution >= 0.6 is 0 Å². The van der Waals surface area contributed by atoms with Gasteiger partial charge in [-0.2, -0.15) is 0 Å². The standard InChI is InChI=1S/C14H19N5O2/c1-14(6-3-7-21-9-14)19-13(16-17-18-19)10-4-5-11(15)12(8-10)20-2/h4-5,8H,3,6-7,9,15H2,1-2H3. The average molecular weight is 289 g/mol. The fourth-order valence-corrected chi connectivity index (χ4v) is 2.67. The van der Waals surface area contributed by atoms with Crippen molar-refractivity contribution in [1.82, 2.24) is 20.2 Å². The number of rotatable bonds is 3. The lowest BCUT2D eigenvalue weighted by Crippen LogP contribution is -2.40. The van der Waals surface area contributed by atoms with E-state index in [1.807, 2.05) is 16.8 Å². The number of nitrogens with two attached hydrogens (primary N) is 1. The van der Waals surface area contributed by atoms with Crippen LogP contribution in [0.5, 0.6) is 5.75 Å². The molecule has 0 bridgehead atoms. The maximum atomic E-state index is 5.86. The Kier molecular flexibility index (Phi) is 3.50. The van der Waals surface area contributed by atoms with Crippen LogP contribution in [-0.2, 0) is 10.3 Å². The van der Waals surface area contributed by atoms with Crippen molar-refractivity contribution in [2.24, 2.45) is 0 Å². The second kappa shape index (κ2) is 5.33. The molecule has 1 aliphatic heterocycles. The molecule has 0 spiro atoms. The summed E-state index contributed by atoms with van der Waals surface area (Å²) in [6.07, 6.45) is 1.98. The van der Waals surface area contributed by atoms with Crippen molar-refractivity contribution in [3.63, 3.8) is 0 Å². The largest absolute Gasteiger partial charge is 0.495 e. The highest BCUT2D eigenvalue weighted by Crippen LogP contribution is 2.32. The molecule has 7 heteroatoms. The quantitative estimate of drug-likeness (QED) is 0.861. The summed E-state index contributed by atoms with van der Waals surface area (Å²) >= 11 is 0. The first kappa shape index (κ1) is 13.8. The van der Waals surface area contributed by atoms with Gasteiger partial charge in [0.1, 0.15) is 5.75 Å². The van der Waals surface area contributed by atoms with Gasteiger partial charge in [-0.1, -0.05) is 0 Å². The second-order valence-corrected chi connectivity index (χ2v) is 5.52. The Morgan fingerprint density at radius 3 is 3.00 bits per heavy atom. The smallest absolute Gasteiger partial charge is 0.182 e. The minimum absolute atomic E-state index is 0.230. The van der Waals surface area contributed by atoms with Gasteiger partial charge in [0.2, 0.25) is 0 Å². The molecular formula is C14H19N5O2. The molecule has 1 saturated heterocycles. The van der Waals surface area contributed by atoms with Crippen molar-refractivity contribution >= 4 is 5.69 Å². The normalized spacial score (nSPS) is 22.2. The molecule has 1 aromatic carbocycles. The monoisotopic (exact) mass is 289 g/mol. The lowest BCUT2D eigenvalue weighted by molar-refractivity contribution is 0.00348. The van der Waals surface area contributed by atoms with Crippen LogP contribution in [0.2, 0.25) is 0 Å². The number of tetrazole rings is 1. The van der Waals surface area contributed by atoms with Crippen LogP contribution in [0.15, 0.2) is 18.2 Å². The lowest BCUT2D eigenvalue weighted by atomic mass is 9.94. The number of nitrogens with zero attached hydrogens (tertiary/aromatic N) is 4. The highest BCUT2D eigenvalue weighted by molar-refractivity contribution is 5.65. The van der Waals surface area contributed by atoms with Crippen molar-refractivity contribution in [2.45, 2.75) is 25.3 Å². The summed E-state index contributed by atoms with van der Waals surface area (Å²) in [5.74, 6) is 1.31. The zero-order chi connectivity index (χ0) is 14.9. The number of methoxy groups -OCH3 is 1. The molecule has 2 N–H and O–H groups in total. The number of benzene rings is 1. The van der Waals surface area contributed by atoms with Crippen LogP contribution in [-0.4, -0.2) is 40.5 Å². The van der Waals surface area contributed by atoms with E-state index in [9.17, 15) is 0 Å². The summed E-state index contributed by atoms with van der Waals surface area (Å²) in [5, 5.41) is 12.2. The Morgan fingerprint density at radius 1 is 1.43 bits per heavy atom. The third-order valence-corrected chi connectivity index (χ3v) is 3.89. The fraction of sp³-hybridized carbons (Fsp3) is 0.500. The van der Waals surface area contributed by atoms with Gasteiger partial charge in [-0.05, 0) is 48.4 Å². The van der Waals surface area contributed by atoms with Crippen molar-refractivity contribution in [3.8, 4) is 17.1 Å². The summed E-state index contributed by atoms with van der Waals surface area (Å²) in [7, 11) is 1.59. The van der Waals surface area contributed by atoms with E-state index in [-0.39, 0.29) is 5.54 Å². The van der Waals surface area contributed by atoms with Gasteiger partial charge in [-0.15, -0.1) is 5.10 Å². The Balaban J connectivity index is 2.02. The van der Waals surface area contributed by atoms with E-state index in [0.717, 1.165) is 25.0 Å². The fourth-order valence-electron chi connectivity index (χ4n) is 2.67. The van der Waals surface area contributed by atoms with Gasteiger partial charge in [-0.25, -0.2) is 4.68 Å². The Hall–Kier alpha value is -2.15. The average Bonchev–Trinajstić information content (AvgIpc) is 2.99. The Morgan fingerprint density at radius 2 is 2.29 bits per heavy atom. The van der Waals surface area contributed by atoms with Crippen molar-refractivity contribution < 1.29 is 9.47 Å². The van der Waals surface area contributed by atoms with E-state index in [1.54, 1.807) is 13.2 Å². The zero-order valence-electron chi connectivity index (χ0n) is 12.2. The van der Waals surface area contributed by atoms with Gasteiger partial charge in [-0.3, -0.25) is 0 Å². The first-order valence-corrected chi connectivity index (χ1v) is 6.94. The van der Waals surface area contributed by atoms with E-state index < -0.39 is 0 Å². The molecule has 0 aliphatic carbocycles. The van der Waals surface area contributed by atoms with Crippen LogP contribution in [0.1, 0.15) is 19.8 Å². The predicted octanol–water partition coefficient (Wildman–Crippen LogP) is 1.46. The number of aromatic nitrogens is 4. The molecule has 21 heavy (non-hydrogen) atoms. The van der Waals surface area contributed by atoms with Gasteiger partial charge in [0.25, 0.3) is 0 Å². The molecule has 1 aliphatic rings. The lowest BCUT2D eigenvalue weighted by Gasteiger charge is -2.33. The predicted molar refractivity (Wildman–Crippen MR) is 77.9 cm³/mol. The molecule has 2 heterocycles. The molecule has 1 atom stereocenters. The molecule has 3 rings (SSSR count). The topological polar surface area (TPSA) is 88.1 Å². The summed E-state index contributed by atoms with van der Waals surface area (Å²) in [6.45, 7) is 3.51. The van der Waals surface area contributed by atoms with E-state index in [0.29, 0.717) is 23.9 Å². The van der Waals surface area contributed by atoms with Crippen LogP contribution in [0.25, 0.3) is 11.4 Å². The van der Waals surface area contributed by atoms with Crippen molar-refractivity contribution in [1.29, 1.82) is 0 Å². The molecule has 1 aromatic heterocycles. The maximum absolute atomic E-state index is 5.86. The Labute approximate surface area is 123 Å². The molecule has 0 saturated carbocycles. The van der Waals surface area contributed by atoms with E-state index in [1.165, 1.54) is 0 Å². The highest BCUT2D eigenvalue weighted by atomic mass is 16.5. The number of nitrogen functional groups attached to an aromatic ring is 1. The van der Waals surface area contributed by atoms with Gasteiger partial charge >= 0.3 is 0 Å². The summed E-state index contributed by atoms with van der Waals surface area (Å²) in [4.78, 5) is 0. The maximum Gasteiger partial charge on any atom is 0.182 e. The van der Waals surface area contributed by atoms with Crippen LogP contribution < -0.4 is 10.5 Å². The van der Waals surface area contributed by atoms with Gasteiger partial charge in [0, 0.05) is 12.2 Å². The molecule has 2 aromatic rings. The van der Waals surface area contributed by atoms with Gasteiger partial charge in [0.15, 0.2) is 5.82 Å². The molecule has 1 unspecified atom stereocenters. The third-order valence-electron chi connectivity index (χ3n) is 3.89. The van der Waals surface area contributed by atoms with Gasteiger partial charge in [0.05, 0.1) is 24.9 Å². The van der Waals surface area contributed by atoms with E-state index in [2.05, 4.69) is 22.4 Å². The SMILES string of the molecule is COc1cc(-c2nnnn2C2(C)CCCOC2)ccc1N. The molecule has 0 amide bonds. The van der Waals surface area contributed by atoms with Crippen LogP contribution in [0.4, 0.5) is 5.69 Å². The summed E-state index contributed by atoms with van der Waals surface area (Å²) < 4.78 is 12.7. The number of hydrogen-bond donors (Lipinski definition) is 1. The highest BCUT2D eigenvalue weighted by Gasteiger charge is 2.33. The first-order chi connectivity index (χ1) is 10.1. The van der Waals surface area contributed by atoms with Crippen LogP contribution in [0.3, 0.4) is 0 Å². The zero-order valence-corrected chi connectivity index (χ0v) is 12.2. The van der Waals surface area contributed by atoms with E-state index in [4.69, 9.17) is 15.2 Å². The van der Waals surface area contributed by atoms with E-state index >= 15 is 0 Å².